The summed E-state index contributed by atoms with van der Waals surface area (Å²) in [6.07, 6.45) is 7.50. The molecule has 1 aromatic carbocycles. The monoisotopic (exact) mass is 243 g/mol. The number of hydrogen-bond donors (Lipinski definition) is 0. The summed E-state index contributed by atoms with van der Waals surface area (Å²) in [6.45, 7) is 0. The number of benzene rings is 1. The van der Waals surface area contributed by atoms with Gasteiger partial charge >= 0.3 is 0 Å². The number of thiazole rings is 1. The SMILES string of the molecule is FC1C=CC=C(c2nc3ccccc3s2)C=C1. The third-order valence-electron chi connectivity index (χ3n) is 2.57. The summed E-state index contributed by atoms with van der Waals surface area (Å²) < 4.78 is 14.3. The Morgan fingerprint density at radius 3 is 2.94 bits per heavy atom. The minimum atomic E-state index is -1.00. The van der Waals surface area contributed by atoms with Gasteiger partial charge in [-0.2, -0.15) is 0 Å². The summed E-state index contributed by atoms with van der Waals surface area (Å²) in [5.41, 5.74) is 1.95. The van der Waals surface area contributed by atoms with Crippen LogP contribution in [-0.2, 0) is 0 Å². The predicted molar refractivity (Wildman–Crippen MR) is 70.8 cm³/mol. The van der Waals surface area contributed by atoms with Crippen molar-refractivity contribution in [1.29, 1.82) is 0 Å². The van der Waals surface area contributed by atoms with Gasteiger partial charge in [0.1, 0.15) is 11.2 Å². The highest BCUT2D eigenvalue weighted by molar-refractivity contribution is 7.19. The van der Waals surface area contributed by atoms with Gasteiger partial charge < -0.3 is 0 Å². The first kappa shape index (κ1) is 10.4. The highest BCUT2D eigenvalue weighted by atomic mass is 32.1. The Morgan fingerprint density at radius 2 is 2.06 bits per heavy atom. The first-order valence-corrected chi connectivity index (χ1v) is 6.21. The third-order valence-corrected chi connectivity index (χ3v) is 3.66. The molecule has 0 aliphatic heterocycles. The van der Waals surface area contributed by atoms with Crippen molar-refractivity contribution in [2.24, 2.45) is 0 Å². The van der Waals surface area contributed by atoms with E-state index in [1.165, 1.54) is 6.08 Å². The van der Waals surface area contributed by atoms with E-state index in [1.807, 2.05) is 30.3 Å². The third kappa shape index (κ3) is 2.06. The number of fused-ring (bicyclic) bond motifs is 1. The number of allylic oxidation sites excluding steroid dienone is 6. The lowest BCUT2D eigenvalue weighted by atomic mass is 10.2. The van der Waals surface area contributed by atoms with Crippen molar-refractivity contribution in [2.45, 2.75) is 6.17 Å². The average molecular weight is 243 g/mol. The minimum Gasteiger partial charge on any atom is -0.238 e. The van der Waals surface area contributed by atoms with Crippen molar-refractivity contribution in [3.63, 3.8) is 0 Å². The molecule has 0 saturated carbocycles. The zero-order chi connectivity index (χ0) is 11.7. The summed E-state index contributed by atoms with van der Waals surface area (Å²) in [5, 5.41) is 0.932. The normalized spacial score (nSPS) is 19.4. The molecule has 0 radical (unpaired) electrons. The molecular formula is C14H10FNS. The largest absolute Gasteiger partial charge is 0.238 e. The molecule has 0 amide bonds. The molecule has 1 atom stereocenters. The van der Waals surface area contributed by atoms with Crippen molar-refractivity contribution < 1.29 is 4.39 Å². The number of hydrogen-bond acceptors (Lipinski definition) is 2. The molecular weight excluding hydrogens is 233 g/mol. The molecule has 1 aliphatic rings. The molecule has 0 saturated heterocycles. The maximum Gasteiger partial charge on any atom is 0.137 e. The lowest BCUT2D eigenvalue weighted by Gasteiger charge is -1.93. The van der Waals surface area contributed by atoms with Gasteiger partial charge in [-0.25, -0.2) is 9.37 Å². The molecule has 0 spiro atoms. The molecule has 84 valence electrons. The smallest absolute Gasteiger partial charge is 0.137 e. The molecule has 17 heavy (non-hydrogen) atoms. The zero-order valence-electron chi connectivity index (χ0n) is 9.01. The van der Waals surface area contributed by atoms with Crippen LogP contribution in [0.1, 0.15) is 5.01 Å². The van der Waals surface area contributed by atoms with E-state index in [2.05, 4.69) is 4.98 Å². The van der Waals surface area contributed by atoms with Crippen molar-refractivity contribution >= 4 is 27.1 Å². The van der Waals surface area contributed by atoms with Crippen LogP contribution in [0.4, 0.5) is 4.39 Å². The molecule has 0 fully saturated rings. The first-order valence-electron chi connectivity index (χ1n) is 5.40. The molecule has 1 aromatic heterocycles. The number of halogens is 1. The molecule has 3 heteroatoms. The van der Waals surface area contributed by atoms with Crippen molar-refractivity contribution in [1.82, 2.24) is 4.98 Å². The summed E-state index contributed by atoms with van der Waals surface area (Å²) in [6, 6.07) is 8.01. The van der Waals surface area contributed by atoms with Crippen LogP contribution >= 0.6 is 11.3 Å². The Morgan fingerprint density at radius 1 is 1.18 bits per heavy atom. The molecule has 0 bridgehead atoms. The minimum absolute atomic E-state index is 0.932. The second kappa shape index (κ2) is 4.26. The van der Waals surface area contributed by atoms with E-state index in [0.717, 1.165) is 20.8 Å². The van der Waals surface area contributed by atoms with Gasteiger partial charge in [0.25, 0.3) is 0 Å². The molecule has 1 unspecified atom stereocenters. The number of aromatic nitrogens is 1. The quantitative estimate of drug-likeness (QED) is 0.733. The van der Waals surface area contributed by atoms with Crippen LogP contribution in [0.5, 0.6) is 0 Å². The van der Waals surface area contributed by atoms with Gasteiger partial charge in [-0.1, -0.05) is 30.4 Å². The number of alkyl halides is 1. The number of rotatable bonds is 1. The molecule has 2 aromatic rings. The zero-order valence-corrected chi connectivity index (χ0v) is 9.82. The van der Waals surface area contributed by atoms with Gasteiger partial charge in [0.15, 0.2) is 0 Å². The van der Waals surface area contributed by atoms with Crippen LogP contribution in [0, 0.1) is 0 Å². The van der Waals surface area contributed by atoms with E-state index < -0.39 is 6.17 Å². The second-order valence-corrected chi connectivity index (χ2v) is 4.83. The standard InChI is InChI=1S/C14H10FNS/c15-11-5-3-4-10(8-9-11)14-16-12-6-1-2-7-13(12)17-14/h1-9,11H. The molecule has 1 aliphatic carbocycles. The second-order valence-electron chi connectivity index (χ2n) is 3.80. The Labute approximate surface area is 103 Å². The fraction of sp³-hybridized carbons (Fsp3) is 0.0714. The highest BCUT2D eigenvalue weighted by Gasteiger charge is 2.07. The fourth-order valence-corrected chi connectivity index (χ4v) is 2.69. The molecule has 1 heterocycles. The average Bonchev–Trinajstić information content (AvgIpc) is 2.65. The maximum absolute atomic E-state index is 13.1. The van der Waals surface area contributed by atoms with E-state index in [1.54, 1.807) is 29.6 Å². The lowest BCUT2D eigenvalue weighted by Crippen LogP contribution is -1.85. The van der Waals surface area contributed by atoms with Crippen molar-refractivity contribution in [2.75, 3.05) is 0 Å². The summed E-state index contributed by atoms with van der Waals surface area (Å²) >= 11 is 1.63. The van der Waals surface area contributed by atoms with Crippen LogP contribution in [0.3, 0.4) is 0 Å². The van der Waals surface area contributed by atoms with Gasteiger partial charge in [-0.05, 0) is 24.3 Å². The molecule has 3 rings (SSSR count). The lowest BCUT2D eigenvalue weighted by molar-refractivity contribution is 0.469. The molecule has 1 nitrogen and oxygen atoms in total. The molecule has 0 N–H and O–H groups in total. The Bertz CT molecular complexity index is 603. The van der Waals surface area contributed by atoms with Gasteiger partial charge in [-0.3, -0.25) is 0 Å². The Hall–Kier alpha value is -1.74. The highest BCUT2D eigenvalue weighted by Crippen LogP contribution is 2.28. The summed E-state index contributed by atoms with van der Waals surface area (Å²) in [7, 11) is 0. The van der Waals surface area contributed by atoms with Gasteiger partial charge in [-0.15, -0.1) is 11.3 Å². The number of nitrogens with zero attached hydrogens (tertiary/aromatic N) is 1. The Balaban J connectivity index is 2.07. The topological polar surface area (TPSA) is 12.9 Å². The number of para-hydroxylation sites is 1. The van der Waals surface area contributed by atoms with E-state index in [-0.39, 0.29) is 0 Å². The van der Waals surface area contributed by atoms with E-state index in [9.17, 15) is 4.39 Å². The first-order chi connectivity index (χ1) is 8.33. The van der Waals surface area contributed by atoms with Crippen molar-refractivity contribution in [3.8, 4) is 0 Å². The van der Waals surface area contributed by atoms with E-state index in [4.69, 9.17) is 0 Å². The Kier molecular flexibility index (Phi) is 2.61. The van der Waals surface area contributed by atoms with Crippen LogP contribution in [0.2, 0.25) is 0 Å². The van der Waals surface area contributed by atoms with Crippen molar-refractivity contribution in [3.05, 3.63) is 59.7 Å². The van der Waals surface area contributed by atoms with E-state index in [0.29, 0.717) is 0 Å². The predicted octanol–water partition coefficient (Wildman–Crippen LogP) is 4.14. The van der Waals surface area contributed by atoms with Gasteiger partial charge in [0.05, 0.1) is 10.2 Å². The van der Waals surface area contributed by atoms with E-state index >= 15 is 0 Å². The van der Waals surface area contributed by atoms with Crippen LogP contribution in [0.25, 0.3) is 15.8 Å². The maximum atomic E-state index is 13.1. The van der Waals surface area contributed by atoms with Gasteiger partial charge in [0, 0.05) is 5.57 Å². The van der Waals surface area contributed by atoms with Crippen LogP contribution < -0.4 is 0 Å². The van der Waals surface area contributed by atoms with Gasteiger partial charge in [0.2, 0.25) is 0 Å². The summed E-state index contributed by atoms with van der Waals surface area (Å²) in [5.74, 6) is 0. The van der Waals surface area contributed by atoms with Crippen LogP contribution in [-0.4, -0.2) is 11.2 Å². The fourth-order valence-electron chi connectivity index (χ4n) is 1.72. The van der Waals surface area contributed by atoms with Crippen LogP contribution in [0.15, 0.2) is 54.6 Å². The summed E-state index contributed by atoms with van der Waals surface area (Å²) in [4.78, 5) is 4.55.